The van der Waals surface area contributed by atoms with Gasteiger partial charge in [0.05, 0.1) is 6.61 Å². The van der Waals surface area contributed by atoms with Gasteiger partial charge in [-0.1, -0.05) is 31.4 Å². The van der Waals surface area contributed by atoms with E-state index in [4.69, 9.17) is 16.3 Å². The SMILES string of the molecule is CCCCCOC(=O)Nc1ccc(Cl)cc1. The number of carbonyl (C=O) groups is 1. The van der Waals surface area contributed by atoms with Crippen LogP contribution in [-0.4, -0.2) is 12.7 Å². The van der Waals surface area contributed by atoms with Crippen molar-refractivity contribution in [1.82, 2.24) is 0 Å². The maximum atomic E-state index is 11.3. The number of hydrogen-bond acceptors (Lipinski definition) is 2. The Morgan fingerprint density at radius 3 is 2.62 bits per heavy atom. The van der Waals surface area contributed by atoms with Crippen molar-refractivity contribution >= 4 is 23.4 Å². The minimum atomic E-state index is -0.418. The largest absolute Gasteiger partial charge is 0.449 e. The molecule has 1 rings (SSSR count). The fraction of sp³-hybridized carbons (Fsp3) is 0.417. The Morgan fingerprint density at radius 1 is 1.31 bits per heavy atom. The molecule has 0 aliphatic carbocycles. The van der Waals surface area contributed by atoms with Crippen LogP contribution < -0.4 is 5.32 Å². The summed E-state index contributed by atoms with van der Waals surface area (Å²) in [6, 6.07) is 6.90. The summed E-state index contributed by atoms with van der Waals surface area (Å²) in [6.45, 7) is 2.57. The smallest absolute Gasteiger partial charge is 0.411 e. The Balaban J connectivity index is 2.26. The number of hydrogen-bond donors (Lipinski definition) is 1. The summed E-state index contributed by atoms with van der Waals surface area (Å²) in [4.78, 5) is 11.3. The summed E-state index contributed by atoms with van der Waals surface area (Å²) < 4.78 is 5.00. The van der Waals surface area contributed by atoms with Gasteiger partial charge in [0.1, 0.15) is 0 Å². The van der Waals surface area contributed by atoms with Crippen LogP contribution in [0.4, 0.5) is 10.5 Å². The first-order valence-electron chi connectivity index (χ1n) is 5.41. The van der Waals surface area contributed by atoms with E-state index in [9.17, 15) is 4.79 Å². The molecule has 0 aliphatic heterocycles. The molecule has 0 radical (unpaired) electrons. The molecule has 0 fully saturated rings. The molecule has 88 valence electrons. The molecule has 0 atom stereocenters. The minimum Gasteiger partial charge on any atom is -0.449 e. The predicted molar refractivity (Wildman–Crippen MR) is 65.9 cm³/mol. The van der Waals surface area contributed by atoms with E-state index in [0.29, 0.717) is 17.3 Å². The molecule has 3 nitrogen and oxygen atoms in total. The second-order valence-corrected chi connectivity index (χ2v) is 3.91. The molecule has 0 heterocycles. The zero-order chi connectivity index (χ0) is 11.8. The molecule has 1 aromatic rings. The quantitative estimate of drug-likeness (QED) is 0.789. The highest BCUT2D eigenvalue weighted by Gasteiger charge is 2.02. The van der Waals surface area contributed by atoms with Gasteiger partial charge < -0.3 is 4.74 Å². The van der Waals surface area contributed by atoms with Crippen LogP contribution in [0.3, 0.4) is 0 Å². The molecular formula is C12H16ClNO2. The first-order valence-corrected chi connectivity index (χ1v) is 5.79. The highest BCUT2D eigenvalue weighted by atomic mass is 35.5. The highest BCUT2D eigenvalue weighted by molar-refractivity contribution is 6.30. The Labute approximate surface area is 101 Å². The molecule has 0 spiro atoms. The van der Waals surface area contributed by atoms with Crippen molar-refractivity contribution in [1.29, 1.82) is 0 Å². The Bertz CT molecular complexity index is 324. The molecule has 1 aromatic carbocycles. The molecule has 0 aliphatic rings. The number of nitrogens with one attached hydrogen (secondary N) is 1. The van der Waals surface area contributed by atoms with Crippen molar-refractivity contribution < 1.29 is 9.53 Å². The highest BCUT2D eigenvalue weighted by Crippen LogP contribution is 2.13. The number of halogens is 1. The molecule has 0 saturated carbocycles. The fourth-order valence-corrected chi connectivity index (χ4v) is 1.33. The van der Waals surface area contributed by atoms with Crippen LogP contribution in [0.5, 0.6) is 0 Å². The van der Waals surface area contributed by atoms with Crippen LogP contribution in [0.2, 0.25) is 5.02 Å². The zero-order valence-electron chi connectivity index (χ0n) is 9.33. The third-order valence-electron chi connectivity index (χ3n) is 2.07. The number of amides is 1. The minimum absolute atomic E-state index is 0.418. The average Bonchev–Trinajstić information content (AvgIpc) is 2.28. The number of anilines is 1. The normalized spacial score (nSPS) is 9.88. The van der Waals surface area contributed by atoms with Gasteiger partial charge in [-0.05, 0) is 30.7 Å². The fourth-order valence-electron chi connectivity index (χ4n) is 1.20. The van der Waals surface area contributed by atoms with Crippen LogP contribution in [0.25, 0.3) is 0 Å². The van der Waals surface area contributed by atoms with Gasteiger partial charge in [-0.2, -0.15) is 0 Å². The molecule has 16 heavy (non-hydrogen) atoms. The van der Waals surface area contributed by atoms with E-state index >= 15 is 0 Å². The van der Waals surface area contributed by atoms with Gasteiger partial charge in [0.15, 0.2) is 0 Å². The van der Waals surface area contributed by atoms with E-state index in [0.717, 1.165) is 19.3 Å². The van der Waals surface area contributed by atoms with E-state index in [2.05, 4.69) is 12.2 Å². The van der Waals surface area contributed by atoms with Crippen molar-refractivity contribution in [2.45, 2.75) is 26.2 Å². The lowest BCUT2D eigenvalue weighted by atomic mass is 10.3. The van der Waals surface area contributed by atoms with Crippen LogP contribution in [-0.2, 0) is 4.74 Å². The number of unbranched alkanes of at least 4 members (excludes halogenated alkanes) is 2. The number of benzene rings is 1. The van der Waals surface area contributed by atoms with E-state index in [-0.39, 0.29) is 0 Å². The predicted octanol–water partition coefficient (Wildman–Crippen LogP) is 4.08. The second-order valence-electron chi connectivity index (χ2n) is 3.47. The van der Waals surface area contributed by atoms with E-state index < -0.39 is 6.09 Å². The van der Waals surface area contributed by atoms with Crippen molar-refractivity contribution in [3.05, 3.63) is 29.3 Å². The summed E-state index contributed by atoms with van der Waals surface area (Å²) in [7, 11) is 0. The van der Waals surface area contributed by atoms with Gasteiger partial charge >= 0.3 is 6.09 Å². The molecule has 0 bridgehead atoms. The van der Waals surface area contributed by atoms with Crippen LogP contribution in [0.1, 0.15) is 26.2 Å². The number of carbonyl (C=O) groups excluding carboxylic acids is 1. The molecule has 0 aromatic heterocycles. The average molecular weight is 242 g/mol. The third-order valence-corrected chi connectivity index (χ3v) is 2.32. The summed E-state index contributed by atoms with van der Waals surface area (Å²) in [6.07, 6.45) is 2.68. The monoisotopic (exact) mass is 241 g/mol. The molecular weight excluding hydrogens is 226 g/mol. The summed E-state index contributed by atoms with van der Waals surface area (Å²) >= 11 is 5.72. The van der Waals surface area contributed by atoms with Gasteiger partial charge in [-0.25, -0.2) is 4.79 Å². The summed E-state index contributed by atoms with van der Waals surface area (Å²) in [5.74, 6) is 0. The van der Waals surface area contributed by atoms with E-state index in [1.54, 1.807) is 24.3 Å². The van der Waals surface area contributed by atoms with E-state index in [1.807, 2.05) is 0 Å². The first-order chi connectivity index (χ1) is 7.72. The lowest BCUT2D eigenvalue weighted by molar-refractivity contribution is 0.159. The number of ether oxygens (including phenoxy) is 1. The standard InChI is InChI=1S/C12H16ClNO2/c1-2-3-4-9-16-12(15)14-11-7-5-10(13)6-8-11/h5-8H,2-4,9H2,1H3,(H,14,15). The topological polar surface area (TPSA) is 38.3 Å². The Hall–Kier alpha value is -1.22. The summed E-state index contributed by atoms with van der Waals surface area (Å²) in [5.41, 5.74) is 0.685. The first kappa shape index (κ1) is 12.8. The maximum absolute atomic E-state index is 11.3. The Morgan fingerprint density at radius 2 is 2.00 bits per heavy atom. The zero-order valence-corrected chi connectivity index (χ0v) is 10.1. The lowest BCUT2D eigenvalue weighted by Crippen LogP contribution is -2.14. The van der Waals surface area contributed by atoms with Gasteiger partial charge in [0.2, 0.25) is 0 Å². The van der Waals surface area contributed by atoms with Crippen molar-refractivity contribution in [2.75, 3.05) is 11.9 Å². The van der Waals surface area contributed by atoms with Gasteiger partial charge in [-0.3, -0.25) is 5.32 Å². The second kappa shape index (κ2) is 7.12. The molecule has 1 N–H and O–H groups in total. The van der Waals surface area contributed by atoms with Crippen molar-refractivity contribution in [3.63, 3.8) is 0 Å². The van der Waals surface area contributed by atoms with Crippen molar-refractivity contribution in [3.8, 4) is 0 Å². The van der Waals surface area contributed by atoms with Crippen molar-refractivity contribution in [2.24, 2.45) is 0 Å². The summed E-state index contributed by atoms with van der Waals surface area (Å²) in [5, 5.41) is 3.27. The lowest BCUT2D eigenvalue weighted by Gasteiger charge is -2.06. The number of rotatable bonds is 5. The van der Waals surface area contributed by atoms with Crippen LogP contribution in [0.15, 0.2) is 24.3 Å². The molecule has 0 unspecified atom stereocenters. The van der Waals surface area contributed by atoms with E-state index in [1.165, 1.54) is 0 Å². The van der Waals surface area contributed by atoms with Gasteiger partial charge in [0, 0.05) is 10.7 Å². The Kier molecular flexibility index (Phi) is 5.72. The molecule has 4 heteroatoms. The van der Waals surface area contributed by atoms with Crippen LogP contribution >= 0.6 is 11.6 Å². The van der Waals surface area contributed by atoms with Gasteiger partial charge in [-0.15, -0.1) is 0 Å². The molecule has 0 saturated heterocycles. The molecule has 1 amide bonds. The third kappa shape index (κ3) is 5.03. The maximum Gasteiger partial charge on any atom is 0.411 e. The van der Waals surface area contributed by atoms with Gasteiger partial charge in [0.25, 0.3) is 0 Å². The van der Waals surface area contributed by atoms with Crippen LogP contribution in [0, 0.1) is 0 Å².